The number of benzene rings is 1. The van der Waals surface area contributed by atoms with E-state index in [1.54, 1.807) is 19.2 Å². The third-order valence-corrected chi connectivity index (χ3v) is 4.90. The summed E-state index contributed by atoms with van der Waals surface area (Å²) < 4.78 is 5.11. The topological polar surface area (TPSA) is 80.5 Å². The van der Waals surface area contributed by atoms with Gasteiger partial charge in [-0.15, -0.1) is 0 Å². The summed E-state index contributed by atoms with van der Waals surface area (Å²) in [6, 6.07) is 9.17. The summed E-state index contributed by atoms with van der Waals surface area (Å²) in [7, 11) is 1.74. The van der Waals surface area contributed by atoms with Crippen molar-refractivity contribution >= 4 is 22.4 Å². The van der Waals surface area contributed by atoms with E-state index in [9.17, 15) is 10.1 Å². The van der Waals surface area contributed by atoms with Gasteiger partial charge in [-0.2, -0.15) is 0 Å². The van der Waals surface area contributed by atoms with E-state index in [2.05, 4.69) is 10.2 Å². The smallest absolute Gasteiger partial charge is 0.270 e. The standard InChI is InChI=1S/C19H26N4O3/c1-26-12-4-2-3-5-17-14-20-10-11-22(17)19-9-6-15-13-16(23(24)25)7-8-18(15)21-19/h6-9,13,17,20H,2-5,10-12,14H2,1H3. The lowest BCUT2D eigenvalue weighted by molar-refractivity contribution is -0.384. The number of nitro benzene ring substituents is 1. The van der Waals surface area contributed by atoms with Crippen molar-refractivity contribution in [2.75, 3.05) is 38.3 Å². The molecule has 1 saturated heterocycles. The summed E-state index contributed by atoms with van der Waals surface area (Å²) in [5.41, 5.74) is 0.897. The zero-order chi connectivity index (χ0) is 18.4. The maximum absolute atomic E-state index is 10.9. The van der Waals surface area contributed by atoms with Crippen LogP contribution < -0.4 is 10.2 Å². The molecule has 7 nitrogen and oxygen atoms in total. The van der Waals surface area contributed by atoms with Crippen LogP contribution >= 0.6 is 0 Å². The molecule has 7 heteroatoms. The third kappa shape index (κ3) is 4.47. The Kier molecular flexibility index (Phi) is 6.35. The summed E-state index contributed by atoms with van der Waals surface area (Å²) in [5, 5.41) is 15.2. The van der Waals surface area contributed by atoms with Crippen LogP contribution in [0.5, 0.6) is 0 Å². The molecule has 0 spiro atoms. The molecule has 26 heavy (non-hydrogen) atoms. The molecule has 140 valence electrons. The molecule has 1 unspecified atom stereocenters. The van der Waals surface area contributed by atoms with Crippen LogP contribution in [0.1, 0.15) is 25.7 Å². The third-order valence-electron chi connectivity index (χ3n) is 4.90. The van der Waals surface area contributed by atoms with Crippen LogP contribution in [0, 0.1) is 10.1 Å². The van der Waals surface area contributed by atoms with Crippen molar-refractivity contribution in [2.24, 2.45) is 0 Å². The van der Waals surface area contributed by atoms with E-state index in [1.165, 1.54) is 18.9 Å². The Labute approximate surface area is 153 Å². The van der Waals surface area contributed by atoms with Crippen LogP contribution in [0.2, 0.25) is 0 Å². The Morgan fingerprint density at radius 1 is 1.31 bits per heavy atom. The maximum atomic E-state index is 10.9. The average molecular weight is 358 g/mol. The lowest BCUT2D eigenvalue weighted by Gasteiger charge is -2.37. The second kappa shape index (κ2) is 8.91. The molecule has 2 heterocycles. The van der Waals surface area contributed by atoms with Gasteiger partial charge in [0.25, 0.3) is 5.69 Å². The number of nitro groups is 1. The first-order valence-electron chi connectivity index (χ1n) is 9.20. The number of anilines is 1. The van der Waals surface area contributed by atoms with Crippen LogP contribution in [-0.2, 0) is 4.74 Å². The largest absolute Gasteiger partial charge is 0.385 e. The highest BCUT2D eigenvalue weighted by Gasteiger charge is 2.23. The van der Waals surface area contributed by atoms with Crippen LogP contribution in [0.4, 0.5) is 11.5 Å². The highest BCUT2D eigenvalue weighted by atomic mass is 16.6. The Morgan fingerprint density at radius 2 is 2.19 bits per heavy atom. The molecule has 1 fully saturated rings. The van der Waals surface area contributed by atoms with Crippen molar-refractivity contribution in [1.29, 1.82) is 0 Å². The van der Waals surface area contributed by atoms with E-state index in [4.69, 9.17) is 9.72 Å². The van der Waals surface area contributed by atoms with Crippen LogP contribution in [0.3, 0.4) is 0 Å². The van der Waals surface area contributed by atoms with Crippen molar-refractivity contribution < 1.29 is 9.66 Å². The number of unbranched alkanes of at least 4 members (excludes halogenated alkanes) is 2. The molecule has 3 rings (SSSR count). The zero-order valence-electron chi connectivity index (χ0n) is 15.2. The van der Waals surface area contributed by atoms with Gasteiger partial charge in [-0.05, 0) is 31.0 Å². The fourth-order valence-electron chi connectivity index (χ4n) is 3.50. The van der Waals surface area contributed by atoms with E-state index in [-0.39, 0.29) is 10.6 Å². The lowest BCUT2D eigenvalue weighted by atomic mass is 10.0. The Morgan fingerprint density at radius 3 is 3.00 bits per heavy atom. The molecule has 0 saturated carbocycles. The molecule has 1 atom stereocenters. The Hall–Kier alpha value is -2.25. The first-order chi connectivity index (χ1) is 12.7. The van der Waals surface area contributed by atoms with E-state index in [0.717, 1.165) is 55.8 Å². The molecule has 0 bridgehead atoms. The Bertz CT molecular complexity index is 753. The molecule has 1 aromatic carbocycles. The molecule has 0 aliphatic carbocycles. The molecular weight excluding hydrogens is 332 g/mol. The number of hydrogen-bond acceptors (Lipinski definition) is 6. The van der Waals surface area contributed by atoms with E-state index in [0.29, 0.717) is 6.04 Å². The van der Waals surface area contributed by atoms with Gasteiger partial charge in [0.15, 0.2) is 0 Å². The van der Waals surface area contributed by atoms with E-state index >= 15 is 0 Å². The predicted octanol–water partition coefficient (Wildman–Crippen LogP) is 3.13. The van der Waals surface area contributed by atoms with E-state index < -0.39 is 0 Å². The molecule has 1 N–H and O–H groups in total. The number of methoxy groups -OCH3 is 1. The second-order valence-electron chi connectivity index (χ2n) is 6.70. The minimum Gasteiger partial charge on any atom is -0.385 e. The number of pyridine rings is 1. The fourth-order valence-corrected chi connectivity index (χ4v) is 3.50. The highest BCUT2D eigenvalue weighted by molar-refractivity contribution is 5.82. The summed E-state index contributed by atoms with van der Waals surface area (Å²) >= 11 is 0. The minimum atomic E-state index is -0.372. The number of rotatable bonds is 8. The lowest BCUT2D eigenvalue weighted by Crippen LogP contribution is -2.51. The SMILES string of the molecule is COCCCCCC1CNCCN1c1ccc2cc([N+](=O)[O-])ccc2n1. The summed E-state index contributed by atoms with van der Waals surface area (Å²) in [6.45, 7) is 3.66. The number of hydrogen-bond donors (Lipinski definition) is 1. The normalized spacial score (nSPS) is 17.6. The van der Waals surface area contributed by atoms with Crippen molar-refractivity contribution in [3.8, 4) is 0 Å². The molecule has 1 aliphatic heterocycles. The van der Waals surface area contributed by atoms with Gasteiger partial charge in [0.2, 0.25) is 0 Å². The first-order valence-corrected chi connectivity index (χ1v) is 9.20. The molecule has 1 aliphatic rings. The summed E-state index contributed by atoms with van der Waals surface area (Å²) in [5.74, 6) is 0.953. The maximum Gasteiger partial charge on any atom is 0.270 e. The number of aromatic nitrogens is 1. The summed E-state index contributed by atoms with van der Waals surface area (Å²) in [6.07, 6.45) is 4.57. The van der Waals surface area contributed by atoms with Gasteiger partial charge in [-0.3, -0.25) is 10.1 Å². The van der Waals surface area contributed by atoms with Crippen molar-refractivity contribution in [2.45, 2.75) is 31.7 Å². The van der Waals surface area contributed by atoms with E-state index in [1.807, 2.05) is 12.1 Å². The van der Waals surface area contributed by atoms with Gasteiger partial charge in [0, 0.05) is 56.9 Å². The van der Waals surface area contributed by atoms with Crippen LogP contribution in [-0.4, -0.2) is 49.3 Å². The molecule has 0 amide bonds. The van der Waals surface area contributed by atoms with Gasteiger partial charge in [-0.1, -0.05) is 12.8 Å². The van der Waals surface area contributed by atoms with Gasteiger partial charge in [-0.25, -0.2) is 4.98 Å². The highest BCUT2D eigenvalue weighted by Crippen LogP contribution is 2.25. The zero-order valence-corrected chi connectivity index (χ0v) is 15.2. The Balaban J connectivity index is 1.72. The summed E-state index contributed by atoms with van der Waals surface area (Å²) in [4.78, 5) is 17.7. The number of nitrogens with one attached hydrogen (secondary N) is 1. The minimum absolute atomic E-state index is 0.100. The van der Waals surface area contributed by atoms with Crippen molar-refractivity contribution in [1.82, 2.24) is 10.3 Å². The number of fused-ring (bicyclic) bond motifs is 1. The van der Waals surface area contributed by atoms with Crippen molar-refractivity contribution in [3.05, 3.63) is 40.4 Å². The number of non-ortho nitro benzene ring substituents is 1. The van der Waals surface area contributed by atoms with Gasteiger partial charge >= 0.3 is 0 Å². The fraction of sp³-hybridized carbons (Fsp3) is 0.526. The van der Waals surface area contributed by atoms with Crippen molar-refractivity contribution in [3.63, 3.8) is 0 Å². The quantitative estimate of drug-likeness (QED) is 0.444. The molecule has 1 aromatic heterocycles. The predicted molar refractivity (Wildman–Crippen MR) is 103 cm³/mol. The van der Waals surface area contributed by atoms with Gasteiger partial charge < -0.3 is 15.0 Å². The monoisotopic (exact) mass is 358 g/mol. The average Bonchev–Trinajstić information content (AvgIpc) is 2.67. The first kappa shape index (κ1) is 18.5. The van der Waals surface area contributed by atoms with Gasteiger partial charge in [0.05, 0.1) is 10.4 Å². The van der Waals surface area contributed by atoms with Gasteiger partial charge in [0.1, 0.15) is 5.82 Å². The number of ether oxygens (including phenoxy) is 1. The second-order valence-corrected chi connectivity index (χ2v) is 6.70. The number of piperazine rings is 1. The van der Waals surface area contributed by atoms with Crippen LogP contribution in [0.25, 0.3) is 10.9 Å². The molecular formula is C19H26N4O3. The molecule has 2 aromatic rings. The van der Waals surface area contributed by atoms with Crippen LogP contribution in [0.15, 0.2) is 30.3 Å². The number of nitrogens with zero attached hydrogens (tertiary/aromatic N) is 3. The molecule has 0 radical (unpaired) electrons.